The van der Waals surface area contributed by atoms with Crippen molar-refractivity contribution in [3.05, 3.63) is 12.2 Å². The molecule has 1 aliphatic heterocycles. The number of hydrogen-bond donors (Lipinski definition) is 2. The van der Waals surface area contributed by atoms with Crippen LogP contribution in [0, 0.1) is 0 Å². The van der Waals surface area contributed by atoms with Crippen LogP contribution in [0.25, 0.3) is 0 Å². The Hall–Kier alpha value is -0.940. The Labute approximate surface area is 76.8 Å². The molecule has 5 heteroatoms. The Morgan fingerprint density at radius 2 is 2.54 bits per heavy atom. The van der Waals surface area contributed by atoms with Crippen molar-refractivity contribution < 1.29 is 5.11 Å². The first kappa shape index (κ1) is 8.65. The molecule has 1 saturated heterocycles. The maximum absolute atomic E-state index is 9.23. The van der Waals surface area contributed by atoms with E-state index in [9.17, 15) is 5.11 Å². The SMILES string of the molecule is CC(O)Cn1cnnc1C1CNC1. The maximum atomic E-state index is 9.23. The smallest absolute Gasteiger partial charge is 0.138 e. The molecule has 1 atom stereocenters. The van der Waals surface area contributed by atoms with Gasteiger partial charge in [-0.2, -0.15) is 0 Å². The Morgan fingerprint density at radius 1 is 1.77 bits per heavy atom. The number of aliphatic hydroxyl groups excluding tert-OH is 1. The van der Waals surface area contributed by atoms with Gasteiger partial charge in [-0.15, -0.1) is 10.2 Å². The monoisotopic (exact) mass is 182 g/mol. The summed E-state index contributed by atoms with van der Waals surface area (Å²) in [5.74, 6) is 1.46. The average molecular weight is 182 g/mol. The van der Waals surface area contributed by atoms with Gasteiger partial charge in [-0.1, -0.05) is 0 Å². The summed E-state index contributed by atoms with van der Waals surface area (Å²) in [7, 11) is 0. The summed E-state index contributed by atoms with van der Waals surface area (Å²) in [5.41, 5.74) is 0. The van der Waals surface area contributed by atoms with E-state index in [1.807, 2.05) is 4.57 Å². The third kappa shape index (κ3) is 1.71. The van der Waals surface area contributed by atoms with Crippen LogP contribution in [-0.4, -0.2) is 39.1 Å². The Kier molecular flexibility index (Phi) is 2.28. The first-order valence-corrected chi connectivity index (χ1v) is 4.54. The van der Waals surface area contributed by atoms with Gasteiger partial charge in [-0.25, -0.2) is 0 Å². The predicted molar refractivity (Wildman–Crippen MR) is 47.3 cm³/mol. The third-order valence-corrected chi connectivity index (χ3v) is 2.25. The number of aliphatic hydroxyl groups is 1. The van der Waals surface area contributed by atoms with E-state index in [1.165, 1.54) is 0 Å². The summed E-state index contributed by atoms with van der Waals surface area (Å²) in [6.07, 6.45) is 1.34. The molecule has 1 aromatic heterocycles. The fourth-order valence-electron chi connectivity index (χ4n) is 1.48. The fraction of sp³-hybridized carbons (Fsp3) is 0.750. The van der Waals surface area contributed by atoms with Crippen LogP contribution in [0.2, 0.25) is 0 Å². The second-order valence-corrected chi connectivity index (χ2v) is 3.55. The molecule has 1 aliphatic rings. The van der Waals surface area contributed by atoms with Crippen molar-refractivity contribution >= 4 is 0 Å². The number of nitrogens with one attached hydrogen (secondary N) is 1. The van der Waals surface area contributed by atoms with Crippen LogP contribution in [0.4, 0.5) is 0 Å². The normalized spacial score (nSPS) is 19.8. The van der Waals surface area contributed by atoms with E-state index in [1.54, 1.807) is 13.3 Å². The van der Waals surface area contributed by atoms with Gasteiger partial charge in [0.25, 0.3) is 0 Å². The predicted octanol–water partition coefficient (Wildman–Crippen LogP) is -0.654. The van der Waals surface area contributed by atoms with Gasteiger partial charge < -0.3 is 15.0 Å². The topological polar surface area (TPSA) is 63.0 Å². The zero-order valence-corrected chi connectivity index (χ0v) is 7.64. The van der Waals surface area contributed by atoms with Gasteiger partial charge >= 0.3 is 0 Å². The van der Waals surface area contributed by atoms with Gasteiger partial charge in [0.05, 0.1) is 12.6 Å². The lowest BCUT2D eigenvalue weighted by atomic mass is 10.0. The molecule has 0 saturated carbocycles. The molecule has 2 rings (SSSR count). The molecule has 5 nitrogen and oxygen atoms in total. The van der Waals surface area contributed by atoms with Crippen molar-refractivity contribution in [1.29, 1.82) is 0 Å². The quantitative estimate of drug-likeness (QED) is 0.652. The van der Waals surface area contributed by atoms with Gasteiger partial charge in [-0.05, 0) is 6.92 Å². The molecule has 2 heterocycles. The van der Waals surface area contributed by atoms with Crippen molar-refractivity contribution in [3.8, 4) is 0 Å². The molecule has 0 radical (unpaired) electrons. The zero-order chi connectivity index (χ0) is 9.26. The number of nitrogens with zero attached hydrogens (tertiary/aromatic N) is 3. The lowest BCUT2D eigenvalue weighted by molar-refractivity contribution is 0.170. The van der Waals surface area contributed by atoms with Crippen LogP contribution in [0.1, 0.15) is 18.7 Å². The van der Waals surface area contributed by atoms with Crippen LogP contribution < -0.4 is 5.32 Å². The first-order chi connectivity index (χ1) is 6.27. The first-order valence-electron chi connectivity index (χ1n) is 4.54. The molecular formula is C8H14N4O. The molecule has 1 fully saturated rings. The largest absolute Gasteiger partial charge is 0.392 e. The van der Waals surface area contributed by atoms with Crippen LogP contribution in [0.5, 0.6) is 0 Å². The minimum atomic E-state index is -0.345. The summed E-state index contributed by atoms with van der Waals surface area (Å²) in [5, 5.41) is 20.3. The lowest BCUT2D eigenvalue weighted by Gasteiger charge is -2.26. The van der Waals surface area contributed by atoms with Crippen LogP contribution in [0.15, 0.2) is 6.33 Å². The highest BCUT2D eigenvalue weighted by molar-refractivity contribution is 5.03. The third-order valence-electron chi connectivity index (χ3n) is 2.25. The van der Waals surface area contributed by atoms with Gasteiger partial charge in [0.2, 0.25) is 0 Å². The Morgan fingerprint density at radius 3 is 3.08 bits per heavy atom. The highest BCUT2D eigenvalue weighted by atomic mass is 16.3. The molecule has 1 aromatic rings. The Bertz CT molecular complexity index is 279. The van der Waals surface area contributed by atoms with E-state index in [4.69, 9.17) is 0 Å². The van der Waals surface area contributed by atoms with Gasteiger partial charge in [0.15, 0.2) is 0 Å². The number of aromatic nitrogens is 3. The average Bonchev–Trinajstić information content (AvgIpc) is 2.32. The number of hydrogen-bond acceptors (Lipinski definition) is 4. The van der Waals surface area contributed by atoms with Crippen molar-refractivity contribution in [2.24, 2.45) is 0 Å². The fourth-order valence-corrected chi connectivity index (χ4v) is 1.48. The molecule has 0 bridgehead atoms. The van der Waals surface area contributed by atoms with Gasteiger partial charge in [0.1, 0.15) is 12.2 Å². The maximum Gasteiger partial charge on any atom is 0.138 e. The summed E-state index contributed by atoms with van der Waals surface area (Å²) in [6.45, 7) is 4.29. The van der Waals surface area contributed by atoms with Gasteiger partial charge in [-0.3, -0.25) is 0 Å². The molecule has 0 amide bonds. The summed E-state index contributed by atoms with van der Waals surface area (Å²) >= 11 is 0. The van der Waals surface area contributed by atoms with Crippen molar-refractivity contribution in [3.63, 3.8) is 0 Å². The zero-order valence-electron chi connectivity index (χ0n) is 7.64. The minimum Gasteiger partial charge on any atom is -0.392 e. The molecule has 0 spiro atoms. The molecule has 2 N–H and O–H groups in total. The van der Waals surface area contributed by atoms with Crippen molar-refractivity contribution in [2.45, 2.75) is 25.5 Å². The van der Waals surface area contributed by atoms with E-state index in [0.717, 1.165) is 18.9 Å². The lowest BCUT2D eigenvalue weighted by Crippen LogP contribution is -2.41. The highest BCUT2D eigenvalue weighted by Crippen LogP contribution is 2.16. The summed E-state index contributed by atoms with van der Waals surface area (Å²) in [4.78, 5) is 0. The van der Waals surface area contributed by atoms with E-state index in [0.29, 0.717) is 12.5 Å². The highest BCUT2D eigenvalue weighted by Gasteiger charge is 2.24. The second-order valence-electron chi connectivity index (χ2n) is 3.55. The molecule has 0 aromatic carbocycles. The van der Waals surface area contributed by atoms with E-state index >= 15 is 0 Å². The Balaban J connectivity index is 2.10. The van der Waals surface area contributed by atoms with E-state index < -0.39 is 0 Å². The van der Waals surface area contributed by atoms with E-state index in [2.05, 4.69) is 15.5 Å². The van der Waals surface area contributed by atoms with E-state index in [-0.39, 0.29) is 6.10 Å². The van der Waals surface area contributed by atoms with Crippen LogP contribution in [-0.2, 0) is 6.54 Å². The van der Waals surface area contributed by atoms with Crippen molar-refractivity contribution in [2.75, 3.05) is 13.1 Å². The second kappa shape index (κ2) is 3.43. The van der Waals surface area contributed by atoms with Crippen LogP contribution in [0.3, 0.4) is 0 Å². The molecule has 13 heavy (non-hydrogen) atoms. The molecule has 1 unspecified atom stereocenters. The van der Waals surface area contributed by atoms with Gasteiger partial charge in [0, 0.05) is 19.0 Å². The standard InChI is InChI=1S/C8H14N4O/c1-6(13)4-12-5-10-11-8(12)7-2-9-3-7/h5-7,9,13H,2-4H2,1H3. The molecular weight excluding hydrogens is 168 g/mol. The minimum absolute atomic E-state index is 0.345. The molecule has 0 aliphatic carbocycles. The summed E-state index contributed by atoms with van der Waals surface area (Å²) < 4.78 is 1.93. The summed E-state index contributed by atoms with van der Waals surface area (Å²) in [6, 6.07) is 0. The van der Waals surface area contributed by atoms with Crippen molar-refractivity contribution in [1.82, 2.24) is 20.1 Å². The number of rotatable bonds is 3. The molecule has 72 valence electrons. The van der Waals surface area contributed by atoms with Crippen LogP contribution >= 0.6 is 0 Å².